The number of thiazole rings is 1. The molecule has 0 amide bonds. The number of aryl methyl sites for hydroxylation is 2. The fraction of sp³-hybridized carbons (Fsp3) is 0.545. The first-order chi connectivity index (χ1) is 6.49. The Morgan fingerprint density at radius 3 is 2.57 bits per heavy atom. The monoisotopic (exact) mass is 210 g/mol. The second-order valence-electron chi connectivity index (χ2n) is 3.83. The topological polar surface area (TPSA) is 24.9 Å². The van der Waals surface area contributed by atoms with E-state index < -0.39 is 0 Å². The molecule has 0 aromatic carbocycles. The zero-order valence-electron chi connectivity index (χ0n) is 9.35. The van der Waals surface area contributed by atoms with Crippen LogP contribution in [0.2, 0.25) is 0 Å². The molecule has 0 unspecified atom stereocenters. The zero-order chi connectivity index (χ0) is 10.7. The maximum Gasteiger partial charge on any atom is 0.0989 e. The van der Waals surface area contributed by atoms with E-state index in [-0.39, 0.29) is 0 Å². The molecule has 0 atom stereocenters. The van der Waals surface area contributed by atoms with Gasteiger partial charge in [0.25, 0.3) is 0 Å². The number of hydrogen-bond acceptors (Lipinski definition) is 3. The van der Waals surface area contributed by atoms with Crippen LogP contribution < -0.4 is 5.32 Å². The van der Waals surface area contributed by atoms with Gasteiger partial charge >= 0.3 is 0 Å². The molecule has 0 aliphatic rings. The number of allylic oxidation sites excluding steroid dienone is 1. The van der Waals surface area contributed by atoms with Crippen molar-refractivity contribution in [3.05, 3.63) is 27.9 Å². The molecule has 1 aromatic rings. The lowest BCUT2D eigenvalue weighted by Gasteiger charge is -2.10. The van der Waals surface area contributed by atoms with Gasteiger partial charge in [-0.05, 0) is 27.7 Å². The molecule has 0 aliphatic heterocycles. The van der Waals surface area contributed by atoms with Crippen molar-refractivity contribution in [1.82, 2.24) is 10.3 Å². The van der Waals surface area contributed by atoms with Crippen LogP contribution in [-0.2, 0) is 6.42 Å². The summed E-state index contributed by atoms with van der Waals surface area (Å²) in [5, 5.41) is 4.44. The Morgan fingerprint density at radius 1 is 1.50 bits per heavy atom. The maximum absolute atomic E-state index is 4.48. The molecule has 0 aliphatic carbocycles. The van der Waals surface area contributed by atoms with Crippen LogP contribution in [0.1, 0.15) is 29.4 Å². The van der Waals surface area contributed by atoms with Gasteiger partial charge in [-0.25, -0.2) is 4.98 Å². The van der Waals surface area contributed by atoms with Crippen molar-refractivity contribution in [2.75, 3.05) is 0 Å². The van der Waals surface area contributed by atoms with Gasteiger partial charge in [0, 0.05) is 23.0 Å². The number of aromatic nitrogens is 1. The summed E-state index contributed by atoms with van der Waals surface area (Å²) in [5.74, 6) is 0. The molecule has 1 N–H and O–H groups in total. The molecule has 1 aromatic heterocycles. The Balaban J connectivity index is 2.56. The summed E-state index contributed by atoms with van der Waals surface area (Å²) in [6.45, 7) is 12.4. The molecule has 1 rings (SSSR count). The lowest BCUT2D eigenvalue weighted by Crippen LogP contribution is -2.22. The molecule has 0 spiro atoms. The number of hydrogen-bond donors (Lipinski definition) is 1. The summed E-state index contributed by atoms with van der Waals surface area (Å²) >= 11 is 1.76. The number of nitrogens with one attached hydrogen (secondary N) is 1. The summed E-state index contributed by atoms with van der Waals surface area (Å²) in [5.41, 5.74) is 2.19. The second kappa shape index (κ2) is 4.60. The van der Waals surface area contributed by atoms with Crippen molar-refractivity contribution in [2.24, 2.45) is 0 Å². The van der Waals surface area contributed by atoms with Crippen molar-refractivity contribution in [3.63, 3.8) is 0 Å². The summed E-state index contributed by atoms with van der Waals surface area (Å²) < 4.78 is 0. The van der Waals surface area contributed by atoms with Crippen LogP contribution in [0, 0.1) is 13.8 Å². The van der Waals surface area contributed by atoms with Crippen molar-refractivity contribution in [3.8, 4) is 0 Å². The van der Waals surface area contributed by atoms with Gasteiger partial charge in [0.15, 0.2) is 0 Å². The van der Waals surface area contributed by atoms with Gasteiger partial charge in [0.2, 0.25) is 0 Å². The summed E-state index contributed by atoms with van der Waals surface area (Å²) in [6.07, 6.45) is 0.845. The molecule has 78 valence electrons. The highest BCUT2D eigenvalue weighted by molar-refractivity contribution is 7.11. The van der Waals surface area contributed by atoms with Gasteiger partial charge in [-0.1, -0.05) is 6.58 Å². The standard InChI is InChI=1S/C11H18N2S/c1-7(2)12-8(3)6-11-13-9(4)10(5)14-11/h7,12H,3,6H2,1-2,4-5H3. The van der Waals surface area contributed by atoms with Crippen molar-refractivity contribution in [1.29, 1.82) is 0 Å². The van der Waals surface area contributed by atoms with E-state index in [0.717, 1.165) is 22.8 Å². The number of nitrogens with zero attached hydrogens (tertiary/aromatic N) is 1. The molecule has 1 heterocycles. The largest absolute Gasteiger partial charge is 0.386 e. The minimum Gasteiger partial charge on any atom is -0.386 e. The van der Waals surface area contributed by atoms with Crippen LogP contribution in [0.4, 0.5) is 0 Å². The van der Waals surface area contributed by atoms with E-state index in [1.165, 1.54) is 4.88 Å². The Hall–Kier alpha value is -0.830. The third-order valence-corrected chi connectivity index (χ3v) is 3.00. The van der Waals surface area contributed by atoms with E-state index in [9.17, 15) is 0 Å². The molecule has 0 bridgehead atoms. The molecule has 2 nitrogen and oxygen atoms in total. The number of rotatable bonds is 4. The maximum atomic E-state index is 4.48. The lowest BCUT2D eigenvalue weighted by molar-refractivity contribution is 0.657. The zero-order valence-corrected chi connectivity index (χ0v) is 10.2. The van der Waals surface area contributed by atoms with Crippen LogP contribution in [0.25, 0.3) is 0 Å². The molecular weight excluding hydrogens is 192 g/mol. The summed E-state index contributed by atoms with van der Waals surface area (Å²) in [6, 6.07) is 0.449. The Labute approximate surface area is 90.1 Å². The molecule has 0 fully saturated rings. The average Bonchev–Trinajstić information content (AvgIpc) is 2.28. The van der Waals surface area contributed by atoms with Crippen LogP contribution >= 0.6 is 11.3 Å². The van der Waals surface area contributed by atoms with Crippen LogP contribution in [0.15, 0.2) is 12.3 Å². The van der Waals surface area contributed by atoms with Gasteiger partial charge < -0.3 is 5.32 Å². The molecule has 0 saturated carbocycles. The highest BCUT2D eigenvalue weighted by atomic mass is 32.1. The quantitative estimate of drug-likeness (QED) is 0.826. The van der Waals surface area contributed by atoms with Crippen molar-refractivity contribution in [2.45, 2.75) is 40.2 Å². The third kappa shape index (κ3) is 3.14. The minimum absolute atomic E-state index is 0.449. The average molecular weight is 210 g/mol. The smallest absolute Gasteiger partial charge is 0.0989 e. The fourth-order valence-corrected chi connectivity index (χ4v) is 2.23. The normalized spacial score (nSPS) is 10.6. The molecule has 0 saturated heterocycles. The highest BCUT2D eigenvalue weighted by Gasteiger charge is 2.05. The first kappa shape index (κ1) is 11.2. The second-order valence-corrected chi connectivity index (χ2v) is 5.12. The van der Waals surface area contributed by atoms with Gasteiger partial charge in [-0.15, -0.1) is 11.3 Å². The van der Waals surface area contributed by atoms with Crippen LogP contribution in [-0.4, -0.2) is 11.0 Å². The Bertz CT molecular complexity index is 307. The molecule has 14 heavy (non-hydrogen) atoms. The lowest BCUT2D eigenvalue weighted by atomic mass is 10.3. The van der Waals surface area contributed by atoms with E-state index in [0.29, 0.717) is 6.04 Å². The highest BCUT2D eigenvalue weighted by Crippen LogP contribution is 2.18. The van der Waals surface area contributed by atoms with Crippen molar-refractivity contribution < 1.29 is 0 Å². The van der Waals surface area contributed by atoms with Gasteiger partial charge in [-0.3, -0.25) is 0 Å². The van der Waals surface area contributed by atoms with E-state index in [1.807, 2.05) is 6.92 Å². The van der Waals surface area contributed by atoms with Gasteiger partial charge in [-0.2, -0.15) is 0 Å². The first-order valence-electron chi connectivity index (χ1n) is 4.86. The van der Waals surface area contributed by atoms with E-state index in [4.69, 9.17) is 0 Å². The third-order valence-electron chi connectivity index (χ3n) is 1.93. The predicted molar refractivity (Wildman–Crippen MR) is 62.7 cm³/mol. The van der Waals surface area contributed by atoms with Crippen LogP contribution in [0.3, 0.4) is 0 Å². The molecule has 0 radical (unpaired) electrons. The summed E-state index contributed by atoms with van der Waals surface area (Å²) in [4.78, 5) is 5.78. The Kier molecular flexibility index (Phi) is 3.69. The van der Waals surface area contributed by atoms with Crippen molar-refractivity contribution >= 4 is 11.3 Å². The predicted octanol–water partition coefficient (Wildman–Crippen LogP) is 2.81. The SMILES string of the molecule is C=C(Cc1nc(C)c(C)s1)NC(C)C. The first-order valence-corrected chi connectivity index (χ1v) is 5.68. The summed E-state index contributed by atoms with van der Waals surface area (Å²) in [7, 11) is 0. The minimum atomic E-state index is 0.449. The van der Waals surface area contributed by atoms with E-state index >= 15 is 0 Å². The van der Waals surface area contributed by atoms with Gasteiger partial charge in [0.1, 0.15) is 0 Å². The van der Waals surface area contributed by atoms with E-state index in [1.54, 1.807) is 11.3 Å². The van der Waals surface area contributed by atoms with Crippen LogP contribution in [0.5, 0.6) is 0 Å². The van der Waals surface area contributed by atoms with E-state index in [2.05, 4.69) is 37.7 Å². The fourth-order valence-electron chi connectivity index (χ4n) is 1.26. The molecule has 3 heteroatoms. The van der Waals surface area contributed by atoms with Gasteiger partial charge in [0.05, 0.1) is 10.7 Å². The Morgan fingerprint density at radius 2 is 2.14 bits per heavy atom. The molecular formula is C11H18N2S.